The number of halogens is 1. The summed E-state index contributed by atoms with van der Waals surface area (Å²) >= 11 is 5.92. The van der Waals surface area contributed by atoms with E-state index in [1.165, 1.54) is 0 Å². The normalized spacial score (nSPS) is 10.8. The Labute approximate surface area is 92.1 Å². The molecular formula is C11H11ClN2O. The molecule has 0 aliphatic carbocycles. The molecule has 4 heteroatoms. The summed E-state index contributed by atoms with van der Waals surface area (Å²) in [7, 11) is 1.84. The number of H-pyrrole nitrogens is 1. The highest BCUT2D eigenvalue weighted by Gasteiger charge is 2.03. The molecule has 0 fully saturated rings. The molecule has 0 spiro atoms. The van der Waals surface area contributed by atoms with E-state index in [1.54, 1.807) is 12.1 Å². The molecular weight excluding hydrogens is 212 g/mol. The van der Waals surface area contributed by atoms with Gasteiger partial charge in [-0.1, -0.05) is 11.6 Å². The van der Waals surface area contributed by atoms with Crippen molar-refractivity contribution in [1.82, 2.24) is 10.3 Å². The molecule has 0 saturated carbocycles. The van der Waals surface area contributed by atoms with Crippen LogP contribution in [-0.2, 0) is 6.54 Å². The second-order valence-corrected chi connectivity index (χ2v) is 3.82. The van der Waals surface area contributed by atoms with E-state index in [0.29, 0.717) is 11.6 Å². The topological polar surface area (TPSA) is 44.9 Å². The Morgan fingerprint density at radius 1 is 1.40 bits per heavy atom. The van der Waals surface area contributed by atoms with Crippen molar-refractivity contribution in [3.8, 4) is 0 Å². The Hall–Kier alpha value is -1.32. The maximum atomic E-state index is 11.3. The Bertz CT molecular complexity index is 548. The molecule has 15 heavy (non-hydrogen) atoms. The van der Waals surface area contributed by atoms with Crippen molar-refractivity contribution in [2.45, 2.75) is 6.54 Å². The van der Waals surface area contributed by atoms with Gasteiger partial charge in [-0.05, 0) is 30.8 Å². The summed E-state index contributed by atoms with van der Waals surface area (Å²) in [6.07, 6.45) is 0. The fourth-order valence-corrected chi connectivity index (χ4v) is 1.80. The average molecular weight is 223 g/mol. The van der Waals surface area contributed by atoms with Crippen molar-refractivity contribution in [3.05, 3.63) is 45.2 Å². The van der Waals surface area contributed by atoms with E-state index in [2.05, 4.69) is 10.3 Å². The molecule has 2 N–H and O–H groups in total. The van der Waals surface area contributed by atoms with Crippen LogP contribution in [-0.4, -0.2) is 12.0 Å². The van der Waals surface area contributed by atoms with Crippen molar-refractivity contribution in [3.63, 3.8) is 0 Å². The van der Waals surface area contributed by atoms with E-state index >= 15 is 0 Å². The number of benzene rings is 1. The molecule has 0 atom stereocenters. The van der Waals surface area contributed by atoms with Gasteiger partial charge in [0.25, 0.3) is 0 Å². The first-order valence-corrected chi connectivity index (χ1v) is 5.04. The van der Waals surface area contributed by atoms with Gasteiger partial charge in [0, 0.05) is 28.5 Å². The van der Waals surface area contributed by atoms with Crippen LogP contribution < -0.4 is 10.9 Å². The summed E-state index contributed by atoms with van der Waals surface area (Å²) < 4.78 is 0. The van der Waals surface area contributed by atoms with Gasteiger partial charge in [0.2, 0.25) is 5.56 Å². The summed E-state index contributed by atoms with van der Waals surface area (Å²) in [5, 5.41) is 4.68. The second-order valence-electron chi connectivity index (χ2n) is 3.38. The van der Waals surface area contributed by atoms with Crippen molar-refractivity contribution in [2.75, 3.05) is 7.05 Å². The zero-order valence-electron chi connectivity index (χ0n) is 8.30. The zero-order valence-corrected chi connectivity index (χ0v) is 9.06. The minimum atomic E-state index is -0.0879. The highest BCUT2D eigenvalue weighted by molar-refractivity contribution is 6.31. The first-order chi connectivity index (χ1) is 7.20. The van der Waals surface area contributed by atoms with Gasteiger partial charge in [-0.15, -0.1) is 0 Å². The summed E-state index contributed by atoms with van der Waals surface area (Å²) in [5.41, 5.74) is 1.69. The highest BCUT2D eigenvalue weighted by atomic mass is 35.5. The smallest absolute Gasteiger partial charge is 0.248 e. The Morgan fingerprint density at radius 3 is 2.93 bits per heavy atom. The van der Waals surface area contributed by atoms with Crippen LogP contribution in [0.2, 0.25) is 5.02 Å². The van der Waals surface area contributed by atoms with Crippen molar-refractivity contribution in [2.24, 2.45) is 0 Å². The van der Waals surface area contributed by atoms with E-state index in [1.807, 2.05) is 19.2 Å². The lowest BCUT2D eigenvalue weighted by molar-refractivity contribution is 0.821. The molecule has 1 aromatic heterocycles. The first kappa shape index (κ1) is 10.2. The van der Waals surface area contributed by atoms with Gasteiger partial charge in [-0.3, -0.25) is 4.79 Å². The SMILES string of the molecule is CNCc1cc(=O)[nH]c2ccc(Cl)cc12. The Balaban J connectivity index is 2.75. The minimum Gasteiger partial charge on any atom is -0.322 e. The standard InChI is InChI=1S/C11H11ClN2O/c1-13-6-7-4-11(15)14-10-3-2-8(12)5-9(7)10/h2-5,13H,6H2,1H3,(H,14,15). The molecule has 0 aliphatic heterocycles. The minimum absolute atomic E-state index is 0.0879. The van der Waals surface area contributed by atoms with Crippen LogP contribution in [0.15, 0.2) is 29.1 Å². The molecule has 0 saturated heterocycles. The number of pyridine rings is 1. The number of nitrogens with one attached hydrogen (secondary N) is 2. The number of aromatic nitrogens is 1. The van der Waals surface area contributed by atoms with Crippen LogP contribution in [0.3, 0.4) is 0 Å². The monoisotopic (exact) mass is 222 g/mol. The number of hydrogen-bond acceptors (Lipinski definition) is 2. The van der Waals surface area contributed by atoms with E-state index in [0.717, 1.165) is 16.5 Å². The van der Waals surface area contributed by atoms with Crippen LogP contribution in [0.25, 0.3) is 10.9 Å². The summed E-state index contributed by atoms with van der Waals surface area (Å²) in [6.45, 7) is 0.654. The Kier molecular flexibility index (Phi) is 2.75. The lowest BCUT2D eigenvalue weighted by atomic mass is 10.1. The predicted octanol–water partition coefficient (Wildman–Crippen LogP) is 1.90. The van der Waals surface area contributed by atoms with E-state index in [-0.39, 0.29) is 5.56 Å². The maximum absolute atomic E-state index is 11.3. The van der Waals surface area contributed by atoms with Crippen LogP contribution >= 0.6 is 11.6 Å². The lowest BCUT2D eigenvalue weighted by Gasteiger charge is -2.05. The third kappa shape index (κ3) is 2.03. The second kappa shape index (κ2) is 4.04. The van der Waals surface area contributed by atoms with Gasteiger partial charge in [0.1, 0.15) is 0 Å². The third-order valence-electron chi connectivity index (χ3n) is 2.26. The maximum Gasteiger partial charge on any atom is 0.248 e. The summed E-state index contributed by atoms with van der Waals surface area (Å²) in [4.78, 5) is 14.1. The van der Waals surface area contributed by atoms with Gasteiger partial charge in [0.05, 0.1) is 0 Å². The average Bonchev–Trinajstić information content (AvgIpc) is 2.19. The molecule has 3 nitrogen and oxygen atoms in total. The lowest BCUT2D eigenvalue weighted by Crippen LogP contribution is -2.11. The fraction of sp³-hybridized carbons (Fsp3) is 0.182. The summed E-state index contributed by atoms with van der Waals surface area (Å²) in [6, 6.07) is 7.04. The van der Waals surface area contributed by atoms with Gasteiger partial charge in [-0.2, -0.15) is 0 Å². The van der Waals surface area contributed by atoms with E-state index < -0.39 is 0 Å². The molecule has 1 heterocycles. The van der Waals surface area contributed by atoms with Crippen LogP contribution in [0.4, 0.5) is 0 Å². The predicted molar refractivity (Wildman–Crippen MR) is 62.3 cm³/mol. The molecule has 0 radical (unpaired) electrons. The van der Waals surface area contributed by atoms with Crippen LogP contribution in [0.1, 0.15) is 5.56 Å². The number of rotatable bonds is 2. The van der Waals surface area contributed by atoms with E-state index in [4.69, 9.17) is 11.6 Å². The van der Waals surface area contributed by atoms with Gasteiger partial charge in [-0.25, -0.2) is 0 Å². The van der Waals surface area contributed by atoms with Crippen molar-refractivity contribution in [1.29, 1.82) is 0 Å². The molecule has 2 rings (SSSR count). The molecule has 1 aromatic carbocycles. The summed E-state index contributed by atoms with van der Waals surface area (Å²) in [5.74, 6) is 0. The van der Waals surface area contributed by atoms with Crippen LogP contribution in [0, 0.1) is 0 Å². The molecule has 0 unspecified atom stereocenters. The number of aromatic amines is 1. The van der Waals surface area contributed by atoms with Crippen molar-refractivity contribution >= 4 is 22.5 Å². The Morgan fingerprint density at radius 2 is 2.20 bits per heavy atom. The highest BCUT2D eigenvalue weighted by Crippen LogP contribution is 2.19. The van der Waals surface area contributed by atoms with Gasteiger partial charge >= 0.3 is 0 Å². The molecule has 2 aromatic rings. The molecule has 0 amide bonds. The molecule has 0 bridgehead atoms. The number of hydrogen-bond donors (Lipinski definition) is 2. The first-order valence-electron chi connectivity index (χ1n) is 4.67. The third-order valence-corrected chi connectivity index (χ3v) is 2.49. The fourth-order valence-electron chi connectivity index (χ4n) is 1.63. The molecule has 78 valence electrons. The van der Waals surface area contributed by atoms with Crippen LogP contribution in [0.5, 0.6) is 0 Å². The molecule has 0 aliphatic rings. The largest absolute Gasteiger partial charge is 0.322 e. The van der Waals surface area contributed by atoms with Crippen molar-refractivity contribution < 1.29 is 0 Å². The van der Waals surface area contributed by atoms with Gasteiger partial charge < -0.3 is 10.3 Å². The zero-order chi connectivity index (χ0) is 10.8. The quantitative estimate of drug-likeness (QED) is 0.815. The van der Waals surface area contributed by atoms with Gasteiger partial charge in [0.15, 0.2) is 0 Å². The van der Waals surface area contributed by atoms with E-state index in [9.17, 15) is 4.79 Å². The number of fused-ring (bicyclic) bond motifs is 1.